The van der Waals surface area contributed by atoms with Gasteiger partial charge in [0.1, 0.15) is 6.10 Å². The van der Waals surface area contributed by atoms with E-state index in [9.17, 15) is 4.79 Å². The van der Waals surface area contributed by atoms with Crippen LogP contribution >= 0.6 is 11.3 Å². The van der Waals surface area contributed by atoms with Crippen molar-refractivity contribution in [3.63, 3.8) is 0 Å². The molecular weight excluding hydrogens is 296 g/mol. The van der Waals surface area contributed by atoms with Gasteiger partial charge in [0.15, 0.2) is 0 Å². The fraction of sp³-hybridized carbons (Fsp3) is 0.706. The highest BCUT2D eigenvalue weighted by atomic mass is 32.1. The zero-order valence-electron chi connectivity index (χ0n) is 12.9. The Bertz CT molecular complexity index is 515. The number of ether oxygens (including phenoxy) is 1. The summed E-state index contributed by atoms with van der Waals surface area (Å²) in [5.41, 5.74) is 0. The lowest BCUT2D eigenvalue weighted by Gasteiger charge is -2.43. The van der Waals surface area contributed by atoms with Crippen LogP contribution in [0.15, 0.2) is 17.5 Å². The van der Waals surface area contributed by atoms with Crippen molar-refractivity contribution in [2.24, 2.45) is 5.92 Å². The van der Waals surface area contributed by atoms with Crippen molar-refractivity contribution in [1.82, 2.24) is 10.2 Å². The molecule has 22 heavy (non-hydrogen) atoms. The van der Waals surface area contributed by atoms with Crippen LogP contribution in [0.2, 0.25) is 0 Å². The molecular formula is C17H24N2O2S. The predicted molar refractivity (Wildman–Crippen MR) is 86.8 cm³/mol. The molecule has 0 radical (unpaired) electrons. The molecule has 2 aliphatic heterocycles. The Morgan fingerprint density at radius 1 is 1.41 bits per heavy atom. The Kier molecular flexibility index (Phi) is 4.20. The van der Waals surface area contributed by atoms with Crippen molar-refractivity contribution >= 4 is 17.2 Å². The van der Waals surface area contributed by atoms with Gasteiger partial charge in [0, 0.05) is 17.5 Å². The molecule has 0 aromatic carbocycles. The zero-order chi connectivity index (χ0) is 14.9. The van der Waals surface area contributed by atoms with Crippen LogP contribution in [0.3, 0.4) is 0 Å². The van der Waals surface area contributed by atoms with E-state index in [0.29, 0.717) is 12.5 Å². The average Bonchev–Trinajstić information content (AvgIpc) is 3.11. The molecule has 2 saturated heterocycles. The van der Waals surface area contributed by atoms with Gasteiger partial charge in [-0.25, -0.2) is 0 Å². The number of fused-ring (bicyclic) bond motifs is 1. The first-order chi connectivity index (χ1) is 10.8. The molecule has 3 aliphatic rings. The number of nitrogens with one attached hydrogen (secondary N) is 1. The number of amides is 1. The SMILES string of the molecule is O=C(NCc1cccs1)[C@@H]1C[C@H]2CCN(C3CCC3)C[C@@H]2O1. The fourth-order valence-electron chi connectivity index (χ4n) is 3.91. The van der Waals surface area contributed by atoms with E-state index in [1.807, 2.05) is 11.4 Å². The normalized spacial score (nSPS) is 32.5. The van der Waals surface area contributed by atoms with Gasteiger partial charge in [0.05, 0.1) is 12.6 Å². The topological polar surface area (TPSA) is 41.6 Å². The molecule has 5 heteroatoms. The predicted octanol–water partition coefficient (Wildman–Crippen LogP) is 2.40. The van der Waals surface area contributed by atoms with E-state index in [0.717, 1.165) is 19.0 Å². The second-order valence-corrected chi connectivity index (χ2v) is 7.86. The van der Waals surface area contributed by atoms with Crippen molar-refractivity contribution in [3.8, 4) is 0 Å². The summed E-state index contributed by atoms with van der Waals surface area (Å²) in [7, 11) is 0. The highest BCUT2D eigenvalue weighted by molar-refractivity contribution is 7.09. The van der Waals surface area contributed by atoms with Crippen molar-refractivity contribution in [1.29, 1.82) is 0 Å². The van der Waals surface area contributed by atoms with Gasteiger partial charge in [-0.05, 0) is 49.6 Å². The zero-order valence-corrected chi connectivity index (χ0v) is 13.7. The number of piperidine rings is 1. The fourth-order valence-corrected chi connectivity index (χ4v) is 4.55. The van der Waals surface area contributed by atoms with Gasteiger partial charge in [-0.15, -0.1) is 11.3 Å². The number of hydrogen-bond acceptors (Lipinski definition) is 4. The van der Waals surface area contributed by atoms with E-state index in [1.54, 1.807) is 11.3 Å². The summed E-state index contributed by atoms with van der Waals surface area (Å²) in [4.78, 5) is 16.1. The third-order valence-corrected chi connectivity index (χ3v) is 6.36. The molecule has 4 nitrogen and oxygen atoms in total. The summed E-state index contributed by atoms with van der Waals surface area (Å²) < 4.78 is 6.10. The molecule has 0 unspecified atom stereocenters. The van der Waals surface area contributed by atoms with Crippen molar-refractivity contribution in [3.05, 3.63) is 22.4 Å². The molecule has 3 atom stereocenters. The molecule has 1 amide bonds. The van der Waals surface area contributed by atoms with Crippen LogP contribution < -0.4 is 5.32 Å². The molecule has 1 aliphatic carbocycles. The van der Waals surface area contributed by atoms with Crippen LogP contribution in [-0.2, 0) is 16.1 Å². The van der Waals surface area contributed by atoms with Crippen LogP contribution in [-0.4, -0.2) is 42.1 Å². The number of thiophene rings is 1. The largest absolute Gasteiger partial charge is 0.364 e. The standard InChI is InChI=1S/C17H24N2O2S/c20-17(18-10-14-5-2-8-22-14)15-9-12-6-7-19(11-16(12)21-15)13-3-1-4-13/h2,5,8,12-13,15-16H,1,3-4,6-7,9-11H2,(H,18,20)/t12-,15+,16+/m1/s1. The first kappa shape index (κ1) is 14.7. The van der Waals surface area contributed by atoms with Gasteiger partial charge in [0.2, 0.25) is 5.91 Å². The van der Waals surface area contributed by atoms with Gasteiger partial charge in [0.25, 0.3) is 0 Å². The summed E-state index contributed by atoms with van der Waals surface area (Å²) in [5.74, 6) is 0.645. The maximum Gasteiger partial charge on any atom is 0.249 e. The van der Waals surface area contributed by atoms with Crippen LogP contribution in [0.4, 0.5) is 0 Å². The molecule has 4 rings (SSSR count). The van der Waals surface area contributed by atoms with E-state index in [1.165, 1.54) is 37.1 Å². The molecule has 0 bridgehead atoms. The number of carbonyl (C=O) groups is 1. The second-order valence-electron chi connectivity index (χ2n) is 6.82. The number of nitrogens with zero attached hydrogens (tertiary/aromatic N) is 1. The molecule has 1 aromatic rings. The van der Waals surface area contributed by atoms with Gasteiger partial charge in [-0.1, -0.05) is 12.5 Å². The first-order valence-electron chi connectivity index (χ1n) is 8.49. The van der Waals surface area contributed by atoms with Gasteiger partial charge >= 0.3 is 0 Å². The summed E-state index contributed by atoms with van der Waals surface area (Å²) in [5, 5.41) is 5.06. The molecule has 3 heterocycles. The molecule has 0 spiro atoms. The number of likely N-dealkylation sites (tertiary alicyclic amines) is 1. The molecule has 1 saturated carbocycles. The Morgan fingerprint density at radius 2 is 2.32 bits per heavy atom. The maximum atomic E-state index is 12.3. The second kappa shape index (κ2) is 6.30. The Balaban J connectivity index is 1.29. The van der Waals surface area contributed by atoms with Gasteiger partial charge in [-0.3, -0.25) is 9.69 Å². The monoisotopic (exact) mass is 320 g/mol. The Labute approximate surface area is 135 Å². The number of carbonyl (C=O) groups excluding carboxylic acids is 1. The van der Waals surface area contributed by atoms with Crippen LogP contribution in [0.25, 0.3) is 0 Å². The van der Waals surface area contributed by atoms with E-state index < -0.39 is 0 Å². The lowest BCUT2D eigenvalue weighted by molar-refractivity contribution is -0.133. The lowest BCUT2D eigenvalue weighted by Crippen LogP contribution is -2.49. The molecule has 3 fully saturated rings. The van der Waals surface area contributed by atoms with E-state index >= 15 is 0 Å². The van der Waals surface area contributed by atoms with Crippen molar-refractivity contribution < 1.29 is 9.53 Å². The maximum absolute atomic E-state index is 12.3. The number of hydrogen-bond donors (Lipinski definition) is 1. The van der Waals surface area contributed by atoms with Crippen molar-refractivity contribution in [2.45, 2.75) is 56.9 Å². The number of rotatable bonds is 4. The minimum Gasteiger partial charge on any atom is -0.364 e. The lowest BCUT2D eigenvalue weighted by atomic mass is 9.86. The smallest absolute Gasteiger partial charge is 0.249 e. The summed E-state index contributed by atoms with van der Waals surface area (Å²) in [6.07, 6.45) is 6.20. The Morgan fingerprint density at radius 3 is 3.05 bits per heavy atom. The third kappa shape index (κ3) is 2.94. The quantitative estimate of drug-likeness (QED) is 0.926. The summed E-state index contributed by atoms with van der Waals surface area (Å²) in [6.45, 7) is 2.85. The Hall–Kier alpha value is -0.910. The highest BCUT2D eigenvalue weighted by Crippen LogP contribution is 2.36. The minimum atomic E-state index is -0.240. The first-order valence-corrected chi connectivity index (χ1v) is 9.37. The van der Waals surface area contributed by atoms with Crippen LogP contribution in [0.1, 0.15) is 37.0 Å². The average molecular weight is 320 g/mol. The minimum absolute atomic E-state index is 0.0676. The van der Waals surface area contributed by atoms with E-state index in [4.69, 9.17) is 4.74 Å². The highest BCUT2D eigenvalue weighted by Gasteiger charge is 2.43. The van der Waals surface area contributed by atoms with Crippen LogP contribution in [0, 0.1) is 5.92 Å². The van der Waals surface area contributed by atoms with Crippen LogP contribution in [0.5, 0.6) is 0 Å². The summed E-state index contributed by atoms with van der Waals surface area (Å²) >= 11 is 1.68. The third-order valence-electron chi connectivity index (χ3n) is 5.48. The van der Waals surface area contributed by atoms with Gasteiger partial charge < -0.3 is 10.1 Å². The van der Waals surface area contributed by atoms with Crippen molar-refractivity contribution in [2.75, 3.05) is 13.1 Å². The molecule has 1 N–H and O–H groups in total. The molecule has 1 aromatic heterocycles. The van der Waals surface area contributed by atoms with E-state index in [-0.39, 0.29) is 18.1 Å². The summed E-state index contributed by atoms with van der Waals surface area (Å²) in [6, 6.07) is 4.86. The van der Waals surface area contributed by atoms with Gasteiger partial charge in [-0.2, -0.15) is 0 Å². The van der Waals surface area contributed by atoms with E-state index in [2.05, 4.69) is 16.3 Å². The molecule has 120 valence electrons.